The maximum Gasteiger partial charge on any atom is 0.292 e. The summed E-state index contributed by atoms with van der Waals surface area (Å²) in [7, 11) is 1.65. The highest BCUT2D eigenvalue weighted by Gasteiger charge is 2.41. The fourth-order valence-corrected chi connectivity index (χ4v) is 4.39. The van der Waals surface area contributed by atoms with Crippen LogP contribution in [0.1, 0.15) is 29.5 Å². The van der Waals surface area contributed by atoms with Gasteiger partial charge >= 0.3 is 0 Å². The lowest BCUT2D eigenvalue weighted by Gasteiger charge is -2.37. The van der Waals surface area contributed by atoms with E-state index < -0.39 is 0 Å². The van der Waals surface area contributed by atoms with Crippen LogP contribution >= 0.6 is 15.9 Å². The van der Waals surface area contributed by atoms with Crippen LogP contribution in [0.2, 0.25) is 0 Å². The third-order valence-corrected chi connectivity index (χ3v) is 5.59. The first kappa shape index (κ1) is 16.1. The normalized spacial score (nSPS) is 23.5. The van der Waals surface area contributed by atoms with Crippen LogP contribution in [-0.4, -0.2) is 12.0 Å². The first-order valence-corrected chi connectivity index (χ1v) is 8.93. The second kappa shape index (κ2) is 6.19. The van der Waals surface area contributed by atoms with Crippen LogP contribution in [-0.2, 0) is 0 Å². The molecular formula is C19H17BrN2O3. The molecular weight excluding hydrogens is 384 g/mol. The van der Waals surface area contributed by atoms with Crippen molar-refractivity contribution in [2.75, 3.05) is 12.4 Å². The molecule has 0 spiro atoms. The molecule has 6 heteroatoms. The summed E-state index contributed by atoms with van der Waals surface area (Å²) in [6.07, 6.45) is 5.27. The molecule has 25 heavy (non-hydrogen) atoms. The second-order valence-electron chi connectivity index (χ2n) is 6.36. The summed E-state index contributed by atoms with van der Waals surface area (Å²) in [6, 6.07) is 11.1. The van der Waals surface area contributed by atoms with E-state index in [-0.39, 0.29) is 22.6 Å². The number of fused-ring (bicyclic) bond motifs is 3. The van der Waals surface area contributed by atoms with Crippen molar-refractivity contribution < 1.29 is 9.66 Å². The van der Waals surface area contributed by atoms with Gasteiger partial charge in [0.15, 0.2) is 0 Å². The van der Waals surface area contributed by atoms with Crippen LogP contribution in [0.3, 0.4) is 0 Å². The molecule has 128 valence electrons. The number of nitrogens with one attached hydrogen (secondary N) is 1. The number of hydrogen-bond donors (Lipinski definition) is 1. The van der Waals surface area contributed by atoms with Crippen LogP contribution in [0, 0.1) is 16.0 Å². The van der Waals surface area contributed by atoms with E-state index in [0.717, 1.165) is 27.8 Å². The molecule has 1 N–H and O–H groups in total. The van der Waals surface area contributed by atoms with Crippen LogP contribution in [0.25, 0.3) is 0 Å². The number of methoxy groups -OCH3 is 1. The Labute approximate surface area is 154 Å². The lowest BCUT2D eigenvalue weighted by molar-refractivity contribution is -0.384. The maximum atomic E-state index is 11.5. The average molecular weight is 401 g/mol. The van der Waals surface area contributed by atoms with E-state index in [2.05, 4.69) is 33.4 Å². The Balaban J connectivity index is 1.87. The smallest absolute Gasteiger partial charge is 0.292 e. The Morgan fingerprint density at radius 3 is 2.88 bits per heavy atom. The van der Waals surface area contributed by atoms with Gasteiger partial charge in [-0.15, -0.1) is 0 Å². The SMILES string of the molecule is COc1ccc(Br)cc1[C@@H]1Nc2c(cccc2[N+](=O)[O-])[C@@H]2C=CC[C@@H]21. The Hall–Kier alpha value is -2.34. The molecule has 2 aromatic rings. The number of nitro groups is 1. The fourth-order valence-electron chi connectivity index (χ4n) is 4.01. The van der Waals surface area contributed by atoms with Crippen molar-refractivity contribution in [2.45, 2.75) is 18.4 Å². The lowest BCUT2D eigenvalue weighted by Crippen LogP contribution is -2.29. The Kier molecular flexibility index (Phi) is 4.00. The van der Waals surface area contributed by atoms with Crippen LogP contribution in [0.15, 0.2) is 53.0 Å². The molecule has 2 aromatic carbocycles. The predicted molar refractivity (Wildman–Crippen MR) is 100 cm³/mol. The summed E-state index contributed by atoms with van der Waals surface area (Å²) < 4.78 is 6.51. The molecule has 0 unspecified atom stereocenters. The van der Waals surface area contributed by atoms with Gasteiger partial charge in [0.25, 0.3) is 5.69 Å². The zero-order valence-electron chi connectivity index (χ0n) is 13.6. The van der Waals surface area contributed by atoms with Crippen LogP contribution < -0.4 is 10.1 Å². The predicted octanol–water partition coefficient (Wildman–Crippen LogP) is 5.19. The summed E-state index contributed by atoms with van der Waals surface area (Å²) in [5, 5.41) is 15.0. The number of nitrogens with zero attached hydrogens (tertiary/aromatic N) is 1. The van der Waals surface area contributed by atoms with Gasteiger partial charge < -0.3 is 10.1 Å². The second-order valence-corrected chi connectivity index (χ2v) is 7.28. The van der Waals surface area contributed by atoms with E-state index in [4.69, 9.17) is 4.74 Å². The van der Waals surface area contributed by atoms with Crippen molar-refractivity contribution in [3.05, 3.63) is 74.3 Å². The van der Waals surface area contributed by atoms with E-state index in [1.807, 2.05) is 24.3 Å². The number of para-hydroxylation sites is 1. The molecule has 0 saturated carbocycles. The Bertz CT molecular complexity index is 881. The van der Waals surface area contributed by atoms with Gasteiger partial charge in [-0.05, 0) is 36.1 Å². The zero-order valence-corrected chi connectivity index (χ0v) is 15.2. The molecule has 3 atom stereocenters. The Morgan fingerprint density at radius 1 is 1.28 bits per heavy atom. The van der Waals surface area contributed by atoms with E-state index in [0.29, 0.717) is 11.6 Å². The van der Waals surface area contributed by atoms with Gasteiger partial charge in [-0.2, -0.15) is 0 Å². The summed E-state index contributed by atoms with van der Waals surface area (Å²) >= 11 is 3.53. The molecule has 0 bridgehead atoms. The number of rotatable bonds is 3. The number of hydrogen-bond acceptors (Lipinski definition) is 4. The van der Waals surface area contributed by atoms with Gasteiger partial charge in [0.2, 0.25) is 0 Å². The van der Waals surface area contributed by atoms with Gasteiger partial charge in [-0.25, -0.2) is 0 Å². The number of halogens is 1. The molecule has 0 fully saturated rings. The molecule has 1 heterocycles. The highest BCUT2D eigenvalue weighted by molar-refractivity contribution is 9.10. The molecule has 0 amide bonds. The molecule has 2 aliphatic rings. The maximum absolute atomic E-state index is 11.5. The number of benzene rings is 2. The highest BCUT2D eigenvalue weighted by Crippen LogP contribution is 2.53. The van der Waals surface area contributed by atoms with Gasteiger partial charge in [0.1, 0.15) is 11.4 Å². The lowest BCUT2D eigenvalue weighted by atomic mass is 9.76. The highest BCUT2D eigenvalue weighted by atomic mass is 79.9. The monoisotopic (exact) mass is 400 g/mol. The van der Waals surface area contributed by atoms with E-state index in [1.54, 1.807) is 19.2 Å². The minimum atomic E-state index is -0.319. The Morgan fingerprint density at radius 2 is 2.12 bits per heavy atom. The first-order chi connectivity index (χ1) is 12.1. The van der Waals surface area contributed by atoms with E-state index >= 15 is 0 Å². The molecule has 0 saturated heterocycles. The van der Waals surface area contributed by atoms with Crippen molar-refractivity contribution in [3.63, 3.8) is 0 Å². The molecule has 1 aliphatic carbocycles. The van der Waals surface area contributed by atoms with Crippen molar-refractivity contribution in [2.24, 2.45) is 5.92 Å². The fraction of sp³-hybridized carbons (Fsp3) is 0.263. The van der Waals surface area contributed by atoms with Crippen molar-refractivity contribution in [3.8, 4) is 5.75 Å². The number of nitro benzene ring substituents is 1. The summed E-state index contributed by atoms with van der Waals surface area (Å²) in [6.45, 7) is 0. The van der Waals surface area contributed by atoms with Gasteiger partial charge in [0.05, 0.1) is 18.1 Å². The molecule has 4 rings (SSSR count). The number of allylic oxidation sites excluding steroid dienone is 2. The third-order valence-electron chi connectivity index (χ3n) is 5.10. The van der Waals surface area contributed by atoms with Crippen molar-refractivity contribution >= 4 is 27.3 Å². The van der Waals surface area contributed by atoms with E-state index in [9.17, 15) is 10.1 Å². The molecule has 5 nitrogen and oxygen atoms in total. The molecule has 1 aliphatic heterocycles. The largest absolute Gasteiger partial charge is 0.496 e. The average Bonchev–Trinajstić information content (AvgIpc) is 3.10. The summed E-state index contributed by atoms with van der Waals surface area (Å²) in [5.74, 6) is 1.26. The van der Waals surface area contributed by atoms with Crippen molar-refractivity contribution in [1.29, 1.82) is 0 Å². The number of ether oxygens (including phenoxy) is 1. The minimum absolute atomic E-state index is 0.0546. The third kappa shape index (κ3) is 2.61. The first-order valence-electron chi connectivity index (χ1n) is 8.14. The minimum Gasteiger partial charge on any atom is -0.496 e. The standard InChI is InChI=1S/C19H17BrN2O3/c1-25-17-9-8-11(20)10-15(17)18-13-5-2-4-12(13)14-6-3-7-16(22(23)24)19(14)21-18/h2-4,6-10,12-13,18,21H,5H2,1H3/t12-,13+,18-/m1/s1. The van der Waals surface area contributed by atoms with E-state index in [1.165, 1.54) is 0 Å². The molecule has 0 aromatic heterocycles. The number of anilines is 1. The quantitative estimate of drug-likeness (QED) is 0.437. The van der Waals surface area contributed by atoms with Crippen molar-refractivity contribution in [1.82, 2.24) is 0 Å². The van der Waals surface area contributed by atoms with Crippen LogP contribution in [0.4, 0.5) is 11.4 Å². The molecule has 0 radical (unpaired) electrons. The summed E-state index contributed by atoms with van der Waals surface area (Å²) in [5.41, 5.74) is 2.75. The van der Waals surface area contributed by atoms with Gasteiger partial charge in [0, 0.05) is 22.0 Å². The summed E-state index contributed by atoms with van der Waals surface area (Å²) in [4.78, 5) is 11.2. The topological polar surface area (TPSA) is 64.4 Å². The van der Waals surface area contributed by atoms with Gasteiger partial charge in [-0.1, -0.05) is 40.2 Å². The van der Waals surface area contributed by atoms with Crippen LogP contribution in [0.5, 0.6) is 5.75 Å². The van der Waals surface area contributed by atoms with Gasteiger partial charge in [-0.3, -0.25) is 10.1 Å². The zero-order chi connectivity index (χ0) is 17.6.